The van der Waals surface area contributed by atoms with Crippen molar-refractivity contribution in [3.8, 4) is 0 Å². The number of morpholine rings is 1. The number of ether oxygens (including phenoxy) is 1. The molecule has 0 amide bonds. The molecule has 110 valence electrons. The average molecular weight is 341 g/mol. The molecule has 10 heteroatoms. The topological polar surface area (TPSA) is 89.8 Å². The minimum atomic E-state index is -3.99. The predicted molar refractivity (Wildman–Crippen MR) is 72.7 cm³/mol. The highest BCUT2D eigenvalue weighted by Gasteiger charge is 2.33. The van der Waals surface area contributed by atoms with Crippen molar-refractivity contribution in [2.45, 2.75) is 4.90 Å². The van der Waals surface area contributed by atoms with E-state index in [0.717, 1.165) is 16.4 Å². The molecule has 20 heavy (non-hydrogen) atoms. The zero-order chi connectivity index (χ0) is 14.9. The summed E-state index contributed by atoms with van der Waals surface area (Å²) in [6, 6.07) is 2.22. The number of hydrogen-bond donors (Lipinski definition) is 0. The Labute approximate surface area is 125 Å². The summed E-state index contributed by atoms with van der Waals surface area (Å²) in [6.45, 7) is 0.808. The highest BCUT2D eigenvalue weighted by molar-refractivity contribution is 7.89. The van der Waals surface area contributed by atoms with Crippen LogP contribution in [0, 0.1) is 10.1 Å². The van der Waals surface area contributed by atoms with Crippen LogP contribution in [0.25, 0.3) is 0 Å². The van der Waals surface area contributed by atoms with Gasteiger partial charge in [-0.1, -0.05) is 23.2 Å². The van der Waals surface area contributed by atoms with Crippen LogP contribution in [0.2, 0.25) is 10.0 Å². The van der Waals surface area contributed by atoms with Crippen molar-refractivity contribution in [1.29, 1.82) is 0 Å². The molecule has 1 aromatic rings. The Morgan fingerprint density at radius 2 is 1.85 bits per heavy atom. The minimum absolute atomic E-state index is 0.146. The maximum Gasteiger partial charge on any atom is 0.289 e. The van der Waals surface area contributed by atoms with Gasteiger partial charge in [0.25, 0.3) is 5.69 Å². The van der Waals surface area contributed by atoms with Crippen LogP contribution >= 0.6 is 23.2 Å². The third-order valence-corrected chi connectivity index (χ3v) is 5.70. The highest BCUT2D eigenvalue weighted by Crippen LogP contribution is 2.37. The number of rotatable bonds is 3. The Hall–Kier alpha value is -0.930. The Morgan fingerprint density at radius 1 is 1.25 bits per heavy atom. The Balaban J connectivity index is 2.56. The van der Waals surface area contributed by atoms with E-state index in [2.05, 4.69) is 0 Å². The van der Waals surface area contributed by atoms with E-state index >= 15 is 0 Å². The van der Waals surface area contributed by atoms with E-state index in [9.17, 15) is 18.5 Å². The van der Waals surface area contributed by atoms with Crippen molar-refractivity contribution < 1.29 is 18.1 Å². The zero-order valence-corrected chi connectivity index (χ0v) is 12.4. The summed E-state index contributed by atoms with van der Waals surface area (Å²) < 4.78 is 31.2. The second-order valence-electron chi connectivity index (χ2n) is 3.98. The molecule has 0 radical (unpaired) electrons. The minimum Gasteiger partial charge on any atom is -0.379 e. The molecule has 1 saturated heterocycles. The van der Waals surface area contributed by atoms with E-state index in [1.807, 2.05) is 0 Å². The second-order valence-corrected chi connectivity index (χ2v) is 6.64. The molecule has 0 unspecified atom stereocenters. The SMILES string of the molecule is O=[N+]([O-])c1ccc(Cl)c(S(=O)(=O)N2CCOCC2)c1Cl. The van der Waals surface area contributed by atoms with E-state index in [1.54, 1.807) is 0 Å². The second kappa shape index (κ2) is 5.82. The van der Waals surface area contributed by atoms with Crippen LogP contribution in [0.5, 0.6) is 0 Å². The fraction of sp³-hybridized carbons (Fsp3) is 0.400. The van der Waals surface area contributed by atoms with Gasteiger partial charge in [-0.05, 0) is 6.07 Å². The molecule has 1 aliphatic heterocycles. The van der Waals surface area contributed by atoms with Gasteiger partial charge in [0, 0.05) is 19.2 Å². The normalized spacial score (nSPS) is 17.1. The first-order valence-electron chi connectivity index (χ1n) is 5.56. The number of benzene rings is 1. The zero-order valence-electron chi connectivity index (χ0n) is 10.1. The fourth-order valence-corrected chi connectivity index (χ4v) is 4.37. The van der Waals surface area contributed by atoms with Crippen molar-refractivity contribution in [3.63, 3.8) is 0 Å². The van der Waals surface area contributed by atoms with Gasteiger partial charge in [0.15, 0.2) is 0 Å². The molecule has 0 aliphatic carbocycles. The van der Waals surface area contributed by atoms with Gasteiger partial charge in [-0.25, -0.2) is 8.42 Å². The lowest BCUT2D eigenvalue weighted by molar-refractivity contribution is -0.384. The van der Waals surface area contributed by atoms with Crippen LogP contribution in [0.15, 0.2) is 17.0 Å². The number of hydrogen-bond acceptors (Lipinski definition) is 5. The standard InChI is InChI=1S/C10H10Cl2N2O5S/c11-7-1-2-8(14(15)16)9(12)10(7)20(17,18)13-3-5-19-6-4-13/h1-2H,3-6H2. The van der Waals surface area contributed by atoms with Crippen LogP contribution in [-0.2, 0) is 14.8 Å². The molecule has 7 nitrogen and oxygen atoms in total. The monoisotopic (exact) mass is 340 g/mol. The van der Waals surface area contributed by atoms with E-state index in [0.29, 0.717) is 0 Å². The fourth-order valence-electron chi connectivity index (χ4n) is 1.82. The number of nitro groups is 1. The summed E-state index contributed by atoms with van der Waals surface area (Å²) in [7, 11) is -3.99. The van der Waals surface area contributed by atoms with Crippen molar-refractivity contribution in [1.82, 2.24) is 4.31 Å². The van der Waals surface area contributed by atoms with Crippen LogP contribution in [0.1, 0.15) is 0 Å². The van der Waals surface area contributed by atoms with Gasteiger partial charge in [0.2, 0.25) is 10.0 Å². The van der Waals surface area contributed by atoms with Gasteiger partial charge >= 0.3 is 0 Å². The molecular formula is C10H10Cl2N2O5S. The lowest BCUT2D eigenvalue weighted by Crippen LogP contribution is -2.40. The van der Waals surface area contributed by atoms with Crippen molar-refractivity contribution >= 4 is 38.9 Å². The molecule has 1 aromatic carbocycles. The quantitative estimate of drug-likeness (QED) is 0.619. The molecule has 1 heterocycles. The van der Waals surface area contributed by atoms with Gasteiger partial charge < -0.3 is 4.74 Å². The molecule has 0 N–H and O–H groups in total. The first kappa shape index (κ1) is 15.5. The number of sulfonamides is 1. The van der Waals surface area contributed by atoms with Crippen LogP contribution in [0.3, 0.4) is 0 Å². The number of nitrogens with zero attached hydrogens (tertiary/aromatic N) is 2. The third kappa shape index (κ3) is 2.75. The molecule has 0 aromatic heterocycles. The highest BCUT2D eigenvalue weighted by atomic mass is 35.5. The van der Waals surface area contributed by atoms with Gasteiger partial charge in [0.1, 0.15) is 9.92 Å². The average Bonchev–Trinajstić information content (AvgIpc) is 2.39. The van der Waals surface area contributed by atoms with Gasteiger partial charge in [-0.3, -0.25) is 10.1 Å². The summed E-state index contributed by atoms with van der Waals surface area (Å²) in [5.74, 6) is 0. The maximum atomic E-state index is 12.5. The van der Waals surface area contributed by atoms with Gasteiger partial charge in [-0.2, -0.15) is 4.31 Å². The maximum absolute atomic E-state index is 12.5. The molecule has 0 atom stereocenters. The Kier molecular flexibility index (Phi) is 4.50. The molecule has 0 bridgehead atoms. The van der Waals surface area contributed by atoms with Gasteiger partial charge in [-0.15, -0.1) is 0 Å². The summed E-state index contributed by atoms with van der Waals surface area (Å²) in [5.41, 5.74) is -0.497. The van der Waals surface area contributed by atoms with Crippen LogP contribution in [-0.4, -0.2) is 43.9 Å². The summed E-state index contributed by atoms with van der Waals surface area (Å²) >= 11 is 11.7. The van der Waals surface area contributed by atoms with Crippen LogP contribution < -0.4 is 0 Å². The van der Waals surface area contributed by atoms with Crippen molar-refractivity contribution in [3.05, 3.63) is 32.3 Å². The largest absolute Gasteiger partial charge is 0.379 e. The first-order valence-corrected chi connectivity index (χ1v) is 7.75. The molecule has 2 rings (SSSR count). The molecule has 1 aliphatic rings. The lowest BCUT2D eigenvalue weighted by Gasteiger charge is -2.26. The number of nitro benzene ring substituents is 1. The van der Waals surface area contributed by atoms with Gasteiger partial charge in [0.05, 0.1) is 23.2 Å². The molecule has 0 spiro atoms. The Morgan fingerprint density at radius 3 is 2.40 bits per heavy atom. The smallest absolute Gasteiger partial charge is 0.289 e. The van der Waals surface area contributed by atoms with Crippen molar-refractivity contribution in [2.75, 3.05) is 26.3 Å². The lowest BCUT2D eigenvalue weighted by atomic mass is 10.3. The van der Waals surface area contributed by atoms with Crippen LogP contribution in [0.4, 0.5) is 5.69 Å². The summed E-state index contributed by atoms with van der Waals surface area (Å²) in [4.78, 5) is 9.65. The Bertz CT molecular complexity index is 643. The molecular weight excluding hydrogens is 331 g/mol. The van der Waals surface area contributed by atoms with E-state index in [-0.39, 0.29) is 31.3 Å². The summed E-state index contributed by atoms with van der Waals surface area (Å²) in [6.07, 6.45) is 0. The number of halogens is 2. The molecule has 1 fully saturated rings. The summed E-state index contributed by atoms with van der Waals surface area (Å²) in [5, 5.41) is 10.2. The van der Waals surface area contributed by atoms with Crippen molar-refractivity contribution in [2.24, 2.45) is 0 Å². The van der Waals surface area contributed by atoms with E-state index < -0.39 is 30.6 Å². The third-order valence-electron chi connectivity index (χ3n) is 2.79. The molecule has 0 saturated carbocycles. The first-order chi connectivity index (χ1) is 9.35. The van der Waals surface area contributed by atoms with E-state index in [1.165, 1.54) is 0 Å². The predicted octanol–water partition coefficient (Wildman–Crippen LogP) is 1.92. The van der Waals surface area contributed by atoms with E-state index in [4.69, 9.17) is 27.9 Å².